The van der Waals surface area contributed by atoms with Crippen molar-refractivity contribution in [3.63, 3.8) is 0 Å². The highest BCUT2D eigenvalue weighted by Gasteiger charge is 2.36. The first-order valence-electron chi connectivity index (χ1n) is 7.79. The van der Waals surface area contributed by atoms with Gasteiger partial charge in [-0.25, -0.2) is 0 Å². The second-order valence-electron chi connectivity index (χ2n) is 5.75. The maximum atomic E-state index is 12.8. The molecule has 0 radical (unpaired) electrons. The number of carbonyl (C=O) groups excluding carboxylic acids is 3. The van der Waals surface area contributed by atoms with Gasteiger partial charge < -0.3 is 0 Å². The van der Waals surface area contributed by atoms with Crippen LogP contribution in [-0.4, -0.2) is 32.6 Å². The van der Waals surface area contributed by atoms with Gasteiger partial charge in [-0.1, -0.05) is 6.07 Å². The highest BCUT2D eigenvalue weighted by Crippen LogP contribution is 2.34. The second-order valence-corrected chi connectivity index (χ2v) is 5.75. The quantitative estimate of drug-likeness (QED) is 0.432. The molecule has 0 atom stereocenters. The summed E-state index contributed by atoms with van der Waals surface area (Å²) in [4.78, 5) is 52.3. The van der Waals surface area contributed by atoms with E-state index >= 15 is 0 Å². The lowest BCUT2D eigenvalue weighted by Gasteiger charge is -2.27. The fraction of sp³-hybridized carbons (Fsp3) is 0. The minimum absolute atomic E-state index is 0.0947. The molecule has 1 N–H and O–H groups in total. The van der Waals surface area contributed by atoms with Crippen LogP contribution < -0.4 is 5.43 Å². The van der Waals surface area contributed by atoms with Gasteiger partial charge in [-0.05, 0) is 30.3 Å². The molecule has 1 aliphatic heterocycles. The van der Waals surface area contributed by atoms with Crippen LogP contribution in [0.5, 0.6) is 0 Å². The largest absolute Gasteiger partial charge is 0.280 e. The highest BCUT2D eigenvalue weighted by molar-refractivity contribution is 6.26. The van der Waals surface area contributed by atoms with Gasteiger partial charge in [-0.3, -0.25) is 34.9 Å². The summed E-state index contributed by atoms with van der Waals surface area (Å²) in [6.45, 7) is 0. The summed E-state index contributed by atoms with van der Waals surface area (Å²) < 4.78 is 0. The molecule has 27 heavy (non-hydrogen) atoms. The van der Waals surface area contributed by atoms with E-state index in [1.807, 2.05) is 0 Å². The molecule has 0 fully saturated rings. The molecule has 1 aromatic heterocycles. The number of nitrogens with zero attached hydrogens (tertiary/aromatic N) is 3. The SMILES string of the molecule is O=C(NN1C(=O)c2cccc3c([N+](=O)[O-])ccc(c23)C1=O)c1cccnc1. The van der Waals surface area contributed by atoms with Crippen LogP contribution in [0.4, 0.5) is 5.69 Å². The van der Waals surface area contributed by atoms with Crippen molar-refractivity contribution in [2.45, 2.75) is 0 Å². The molecule has 2 heterocycles. The zero-order valence-electron chi connectivity index (χ0n) is 13.6. The Morgan fingerprint density at radius 3 is 2.44 bits per heavy atom. The zero-order chi connectivity index (χ0) is 19.1. The first-order valence-corrected chi connectivity index (χ1v) is 7.79. The fourth-order valence-electron chi connectivity index (χ4n) is 3.00. The number of hydrogen-bond donors (Lipinski definition) is 1. The van der Waals surface area contributed by atoms with Gasteiger partial charge in [0.05, 0.1) is 27.0 Å². The van der Waals surface area contributed by atoms with Crippen molar-refractivity contribution in [3.05, 3.63) is 81.7 Å². The maximum absolute atomic E-state index is 12.8. The van der Waals surface area contributed by atoms with Gasteiger partial charge in [0.2, 0.25) is 0 Å². The maximum Gasteiger partial charge on any atom is 0.280 e. The van der Waals surface area contributed by atoms with Gasteiger partial charge in [-0.2, -0.15) is 5.01 Å². The number of benzene rings is 2. The van der Waals surface area contributed by atoms with Gasteiger partial charge in [0.25, 0.3) is 23.4 Å². The van der Waals surface area contributed by atoms with Gasteiger partial charge >= 0.3 is 0 Å². The minimum atomic E-state index is -0.768. The van der Waals surface area contributed by atoms with Crippen molar-refractivity contribution in [2.75, 3.05) is 0 Å². The number of imide groups is 1. The molecular weight excluding hydrogens is 352 g/mol. The summed E-state index contributed by atoms with van der Waals surface area (Å²) in [5.74, 6) is -2.21. The summed E-state index contributed by atoms with van der Waals surface area (Å²) in [5.41, 5.74) is 2.43. The predicted octanol–water partition coefficient (Wildman–Crippen LogP) is 2.08. The summed E-state index contributed by atoms with van der Waals surface area (Å²) in [6, 6.07) is 9.93. The molecule has 0 unspecified atom stereocenters. The van der Waals surface area contributed by atoms with Crippen LogP contribution in [0.15, 0.2) is 54.9 Å². The molecule has 0 bridgehead atoms. The van der Waals surface area contributed by atoms with Crippen LogP contribution in [0.25, 0.3) is 10.8 Å². The Kier molecular flexibility index (Phi) is 3.62. The highest BCUT2D eigenvalue weighted by atomic mass is 16.6. The number of hydrazine groups is 1. The monoisotopic (exact) mass is 362 g/mol. The number of nitro benzene ring substituents is 1. The lowest BCUT2D eigenvalue weighted by atomic mass is 9.94. The third-order valence-electron chi connectivity index (χ3n) is 4.22. The van der Waals surface area contributed by atoms with E-state index in [1.165, 1.54) is 48.8 Å². The Labute approximate surface area is 151 Å². The summed E-state index contributed by atoms with van der Waals surface area (Å²) in [5, 5.41) is 12.2. The molecule has 132 valence electrons. The van der Waals surface area contributed by atoms with Crippen molar-refractivity contribution in [3.8, 4) is 0 Å². The van der Waals surface area contributed by atoms with Crippen molar-refractivity contribution in [1.82, 2.24) is 15.4 Å². The molecule has 9 heteroatoms. The number of carbonyl (C=O) groups is 3. The van der Waals surface area contributed by atoms with Crippen molar-refractivity contribution in [1.29, 1.82) is 0 Å². The molecule has 1 aliphatic rings. The Bertz CT molecular complexity index is 1120. The van der Waals surface area contributed by atoms with Crippen LogP contribution in [-0.2, 0) is 0 Å². The van der Waals surface area contributed by atoms with E-state index in [9.17, 15) is 24.5 Å². The fourth-order valence-corrected chi connectivity index (χ4v) is 3.00. The number of aromatic nitrogens is 1. The summed E-state index contributed by atoms with van der Waals surface area (Å²) in [7, 11) is 0. The van der Waals surface area contributed by atoms with Gasteiger partial charge in [0.1, 0.15) is 0 Å². The van der Waals surface area contributed by atoms with Crippen molar-refractivity contribution >= 4 is 34.2 Å². The molecular formula is C18H10N4O5. The van der Waals surface area contributed by atoms with Crippen molar-refractivity contribution < 1.29 is 19.3 Å². The zero-order valence-corrected chi connectivity index (χ0v) is 13.6. The third-order valence-corrected chi connectivity index (χ3v) is 4.22. The van der Waals surface area contributed by atoms with Crippen LogP contribution in [0.3, 0.4) is 0 Å². The molecule has 0 saturated heterocycles. The Balaban J connectivity index is 1.80. The number of nitrogens with one attached hydrogen (secondary N) is 1. The van der Waals surface area contributed by atoms with Crippen molar-refractivity contribution in [2.24, 2.45) is 0 Å². The molecule has 0 spiro atoms. The minimum Gasteiger partial charge on any atom is -0.267 e. The Morgan fingerprint density at radius 1 is 1.04 bits per heavy atom. The molecule has 2 aromatic carbocycles. The number of nitro groups is 1. The molecule has 4 rings (SSSR count). The number of rotatable bonds is 3. The molecule has 0 aliphatic carbocycles. The molecule has 3 amide bonds. The normalized spacial score (nSPS) is 13.0. The third kappa shape index (κ3) is 2.49. The summed E-state index contributed by atoms with van der Waals surface area (Å²) in [6.07, 6.45) is 2.78. The van der Waals surface area contributed by atoms with Crippen LogP contribution >= 0.6 is 0 Å². The van der Waals surface area contributed by atoms with Gasteiger partial charge in [0, 0.05) is 23.8 Å². The van der Waals surface area contributed by atoms with Crippen LogP contribution in [0.1, 0.15) is 31.1 Å². The number of amides is 3. The van der Waals surface area contributed by atoms with E-state index in [2.05, 4.69) is 10.4 Å². The molecule has 0 saturated carbocycles. The first kappa shape index (κ1) is 16.3. The second kappa shape index (κ2) is 5.99. The lowest BCUT2D eigenvalue weighted by molar-refractivity contribution is -0.383. The predicted molar refractivity (Wildman–Crippen MR) is 92.8 cm³/mol. The molecule has 3 aromatic rings. The number of hydrogen-bond acceptors (Lipinski definition) is 6. The number of pyridine rings is 1. The standard InChI is InChI=1S/C18H10N4O5/c23-16(10-3-2-8-19-9-10)20-21-17(24)12-5-1-4-11-14(22(26)27)7-6-13(15(11)12)18(21)25/h1-9H,(H,20,23). The van der Waals surface area contributed by atoms with Gasteiger partial charge in [-0.15, -0.1) is 0 Å². The Morgan fingerprint density at radius 2 is 1.78 bits per heavy atom. The van der Waals surface area contributed by atoms with E-state index in [4.69, 9.17) is 0 Å². The lowest BCUT2D eigenvalue weighted by Crippen LogP contribution is -2.51. The summed E-state index contributed by atoms with van der Waals surface area (Å²) >= 11 is 0. The van der Waals surface area contributed by atoms with E-state index in [-0.39, 0.29) is 33.2 Å². The van der Waals surface area contributed by atoms with E-state index in [0.717, 1.165) is 0 Å². The molecule has 9 nitrogen and oxygen atoms in total. The van der Waals surface area contributed by atoms with Crippen LogP contribution in [0.2, 0.25) is 0 Å². The van der Waals surface area contributed by atoms with Gasteiger partial charge in [0.15, 0.2) is 0 Å². The first-order chi connectivity index (χ1) is 13.0. The van der Waals surface area contributed by atoms with Crippen LogP contribution in [0, 0.1) is 10.1 Å². The Hall–Kier alpha value is -4.14. The average Bonchev–Trinajstić information content (AvgIpc) is 2.69. The smallest absolute Gasteiger partial charge is 0.267 e. The van der Waals surface area contributed by atoms with E-state index in [0.29, 0.717) is 5.01 Å². The average molecular weight is 362 g/mol. The van der Waals surface area contributed by atoms with E-state index in [1.54, 1.807) is 6.07 Å². The topological polar surface area (TPSA) is 123 Å². The number of non-ortho nitro benzene ring substituents is 1. The van der Waals surface area contributed by atoms with E-state index < -0.39 is 22.6 Å².